The molecule has 0 bridgehead atoms. The highest BCUT2D eigenvalue weighted by Crippen LogP contribution is 2.22. The molecule has 150 valence electrons. The third-order valence-corrected chi connectivity index (χ3v) is 5.64. The predicted octanol–water partition coefficient (Wildman–Crippen LogP) is 4.33. The number of aromatic nitrogens is 2. The van der Waals surface area contributed by atoms with E-state index < -0.39 is 0 Å². The summed E-state index contributed by atoms with van der Waals surface area (Å²) in [5.41, 5.74) is 1.52. The minimum Gasteiger partial charge on any atom is -0.338 e. The molecule has 0 saturated carbocycles. The van der Waals surface area contributed by atoms with Crippen molar-refractivity contribution >= 4 is 34.2 Å². The quantitative estimate of drug-likeness (QED) is 0.522. The molecule has 6 nitrogen and oxygen atoms in total. The summed E-state index contributed by atoms with van der Waals surface area (Å²) >= 11 is 2.24. The summed E-state index contributed by atoms with van der Waals surface area (Å²) < 4.78 is 19.6. The topological polar surface area (TPSA) is 71.3 Å². The van der Waals surface area contributed by atoms with Crippen molar-refractivity contribution in [3.05, 3.63) is 63.8 Å². The van der Waals surface area contributed by atoms with Crippen LogP contribution >= 0.6 is 22.6 Å². The standard InChI is InChI=1S/C21H20FIN4O2/c22-16-5-3-14(4-6-16)20-25-19(29-26-20)13-27-11-1-2-15(12-27)21(28)24-18-9-7-17(23)8-10-18/h3-10,15H,1-2,11-13H2,(H,24,28). The van der Waals surface area contributed by atoms with E-state index in [0.29, 0.717) is 30.4 Å². The van der Waals surface area contributed by atoms with Crippen LogP contribution in [-0.2, 0) is 11.3 Å². The summed E-state index contributed by atoms with van der Waals surface area (Å²) in [6.07, 6.45) is 1.79. The third-order valence-electron chi connectivity index (χ3n) is 4.92. The van der Waals surface area contributed by atoms with Gasteiger partial charge in [-0.25, -0.2) is 4.39 Å². The zero-order chi connectivity index (χ0) is 20.2. The second kappa shape index (κ2) is 9.00. The Bertz CT molecular complexity index is 975. The fourth-order valence-electron chi connectivity index (χ4n) is 3.42. The molecule has 1 unspecified atom stereocenters. The Morgan fingerprint density at radius 2 is 1.97 bits per heavy atom. The van der Waals surface area contributed by atoms with Crippen LogP contribution in [0, 0.1) is 15.3 Å². The molecular formula is C21H20FIN4O2. The van der Waals surface area contributed by atoms with Gasteiger partial charge in [0.15, 0.2) is 0 Å². The van der Waals surface area contributed by atoms with Gasteiger partial charge in [0.05, 0.1) is 12.5 Å². The van der Waals surface area contributed by atoms with Gasteiger partial charge in [-0.3, -0.25) is 9.69 Å². The SMILES string of the molecule is O=C(Nc1ccc(I)cc1)C1CCCN(Cc2nc(-c3ccc(F)cc3)no2)C1. The summed E-state index contributed by atoms with van der Waals surface area (Å²) in [5.74, 6) is 0.573. The number of nitrogens with zero attached hydrogens (tertiary/aromatic N) is 3. The summed E-state index contributed by atoms with van der Waals surface area (Å²) in [6, 6.07) is 13.7. The molecule has 0 spiro atoms. The van der Waals surface area contributed by atoms with Crippen LogP contribution in [0.5, 0.6) is 0 Å². The molecule has 2 aromatic carbocycles. The fourth-order valence-corrected chi connectivity index (χ4v) is 3.78. The molecule has 2 heterocycles. The van der Waals surface area contributed by atoms with E-state index in [4.69, 9.17) is 4.52 Å². The monoisotopic (exact) mass is 506 g/mol. The van der Waals surface area contributed by atoms with Crippen LogP contribution < -0.4 is 5.32 Å². The molecule has 1 amide bonds. The number of benzene rings is 2. The lowest BCUT2D eigenvalue weighted by atomic mass is 9.97. The first-order valence-corrected chi connectivity index (χ1v) is 10.5. The van der Waals surface area contributed by atoms with Crippen LogP contribution in [0.1, 0.15) is 18.7 Å². The lowest BCUT2D eigenvalue weighted by molar-refractivity contribution is -0.121. The Morgan fingerprint density at radius 1 is 1.21 bits per heavy atom. The highest BCUT2D eigenvalue weighted by Gasteiger charge is 2.27. The third kappa shape index (κ3) is 5.18. The maximum Gasteiger partial charge on any atom is 0.241 e. The van der Waals surface area contributed by atoms with Crippen molar-refractivity contribution < 1.29 is 13.7 Å². The van der Waals surface area contributed by atoms with Crippen LogP contribution in [0.4, 0.5) is 10.1 Å². The van der Waals surface area contributed by atoms with Gasteiger partial charge in [0, 0.05) is 21.4 Å². The van der Waals surface area contributed by atoms with Crippen molar-refractivity contribution in [1.29, 1.82) is 0 Å². The number of anilines is 1. The van der Waals surface area contributed by atoms with Gasteiger partial charge < -0.3 is 9.84 Å². The zero-order valence-corrected chi connectivity index (χ0v) is 17.8. The highest BCUT2D eigenvalue weighted by atomic mass is 127. The summed E-state index contributed by atoms with van der Waals surface area (Å²) in [4.78, 5) is 19.2. The number of carbonyl (C=O) groups is 1. The molecule has 1 aromatic heterocycles. The van der Waals surface area contributed by atoms with E-state index in [1.54, 1.807) is 12.1 Å². The molecule has 29 heavy (non-hydrogen) atoms. The molecule has 0 radical (unpaired) electrons. The first-order valence-electron chi connectivity index (χ1n) is 9.44. The Morgan fingerprint density at radius 3 is 2.72 bits per heavy atom. The van der Waals surface area contributed by atoms with Gasteiger partial charge in [-0.05, 0) is 90.5 Å². The van der Waals surface area contributed by atoms with Gasteiger partial charge in [0.25, 0.3) is 0 Å². The highest BCUT2D eigenvalue weighted by molar-refractivity contribution is 14.1. The largest absolute Gasteiger partial charge is 0.338 e. The molecule has 4 rings (SSSR count). The Kier molecular flexibility index (Phi) is 6.19. The Balaban J connectivity index is 1.35. The predicted molar refractivity (Wildman–Crippen MR) is 115 cm³/mol. The number of hydrogen-bond donors (Lipinski definition) is 1. The van der Waals surface area contributed by atoms with Gasteiger partial charge in [0.1, 0.15) is 5.82 Å². The summed E-state index contributed by atoms with van der Waals surface area (Å²) in [6.45, 7) is 2.01. The van der Waals surface area contributed by atoms with Crippen LogP contribution in [0.3, 0.4) is 0 Å². The van der Waals surface area contributed by atoms with E-state index in [9.17, 15) is 9.18 Å². The number of piperidine rings is 1. The van der Waals surface area contributed by atoms with Gasteiger partial charge in [-0.15, -0.1) is 0 Å². The minimum absolute atomic E-state index is 0.0356. The van der Waals surface area contributed by atoms with E-state index in [-0.39, 0.29) is 17.6 Å². The second-order valence-electron chi connectivity index (χ2n) is 7.09. The fraction of sp³-hybridized carbons (Fsp3) is 0.286. The smallest absolute Gasteiger partial charge is 0.241 e. The van der Waals surface area contributed by atoms with Gasteiger partial charge >= 0.3 is 0 Å². The Hall–Kier alpha value is -2.33. The number of halogens is 2. The van der Waals surface area contributed by atoms with E-state index in [2.05, 4.69) is 42.9 Å². The molecule has 1 atom stereocenters. The van der Waals surface area contributed by atoms with Crippen LogP contribution in [-0.4, -0.2) is 34.0 Å². The van der Waals surface area contributed by atoms with Crippen molar-refractivity contribution in [2.45, 2.75) is 19.4 Å². The molecule has 1 saturated heterocycles. The first-order chi connectivity index (χ1) is 14.1. The number of carbonyl (C=O) groups excluding carboxylic acids is 1. The molecule has 1 aliphatic heterocycles. The van der Waals surface area contributed by atoms with Crippen molar-refractivity contribution in [2.75, 3.05) is 18.4 Å². The maximum absolute atomic E-state index is 13.1. The van der Waals surface area contributed by atoms with Gasteiger partial charge in [-0.2, -0.15) is 4.98 Å². The van der Waals surface area contributed by atoms with E-state index >= 15 is 0 Å². The van der Waals surface area contributed by atoms with Crippen molar-refractivity contribution in [1.82, 2.24) is 15.0 Å². The van der Waals surface area contributed by atoms with E-state index in [1.165, 1.54) is 12.1 Å². The molecule has 1 fully saturated rings. The van der Waals surface area contributed by atoms with Crippen LogP contribution in [0.2, 0.25) is 0 Å². The first kappa shape index (κ1) is 20.0. The number of amides is 1. The summed E-state index contributed by atoms with van der Waals surface area (Å²) in [7, 11) is 0. The molecule has 1 aliphatic rings. The maximum atomic E-state index is 13.1. The molecule has 1 N–H and O–H groups in total. The lowest BCUT2D eigenvalue weighted by Gasteiger charge is -2.30. The number of likely N-dealkylation sites (tertiary alicyclic amines) is 1. The van der Waals surface area contributed by atoms with E-state index in [1.807, 2.05) is 24.3 Å². The number of rotatable bonds is 5. The number of nitrogens with one attached hydrogen (secondary N) is 1. The number of hydrogen-bond acceptors (Lipinski definition) is 5. The van der Waals surface area contributed by atoms with Crippen LogP contribution in [0.25, 0.3) is 11.4 Å². The molecule has 8 heteroatoms. The normalized spacial score (nSPS) is 17.2. The van der Waals surface area contributed by atoms with Crippen molar-refractivity contribution in [3.8, 4) is 11.4 Å². The average Bonchev–Trinajstić information content (AvgIpc) is 3.19. The molecule has 3 aromatic rings. The van der Waals surface area contributed by atoms with Crippen molar-refractivity contribution in [3.63, 3.8) is 0 Å². The van der Waals surface area contributed by atoms with Crippen LogP contribution in [0.15, 0.2) is 53.1 Å². The lowest BCUT2D eigenvalue weighted by Crippen LogP contribution is -2.40. The second-order valence-corrected chi connectivity index (χ2v) is 8.33. The average molecular weight is 506 g/mol. The van der Waals surface area contributed by atoms with E-state index in [0.717, 1.165) is 28.6 Å². The summed E-state index contributed by atoms with van der Waals surface area (Å²) in [5, 5.41) is 6.99. The van der Waals surface area contributed by atoms with Crippen molar-refractivity contribution in [2.24, 2.45) is 5.92 Å². The Labute approximate surface area is 181 Å². The molecule has 0 aliphatic carbocycles. The van der Waals surface area contributed by atoms with Gasteiger partial charge in [0.2, 0.25) is 17.6 Å². The minimum atomic E-state index is -0.305. The molecular weight excluding hydrogens is 486 g/mol. The van der Waals surface area contributed by atoms with Gasteiger partial charge in [-0.1, -0.05) is 5.16 Å². The zero-order valence-electron chi connectivity index (χ0n) is 15.6.